The van der Waals surface area contributed by atoms with E-state index in [1.54, 1.807) is 0 Å². The van der Waals surface area contributed by atoms with Crippen molar-refractivity contribution >= 4 is 34.7 Å². The number of carbonyl (C=O) groups excluding carboxylic acids is 1. The van der Waals surface area contributed by atoms with E-state index in [-0.39, 0.29) is 11.9 Å². The van der Waals surface area contributed by atoms with Crippen LogP contribution in [0.25, 0.3) is 0 Å². The monoisotopic (exact) mass is 356 g/mol. The Morgan fingerprint density at radius 2 is 2.16 bits per heavy atom. The van der Waals surface area contributed by atoms with E-state index in [1.807, 2.05) is 29.4 Å². The summed E-state index contributed by atoms with van der Waals surface area (Å²) in [4.78, 5) is 17.1. The Labute approximate surface area is 153 Å². The quantitative estimate of drug-likeness (QED) is 0.895. The van der Waals surface area contributed by atoms with Crippen LogP contribution >= 0.6 is 11.8 Å². The van der Waals surface area contributed by atoms with Gasteiger partial charge in [0.15, 0.2) is 5.17 Å². The third-order valence-corrected chi connectivity index (χ3v) is 6.27. The molecule has 3 aliphatic rings. The fraction of sp³-hybridized carbons (Fsp3) is 0.526. The number of hydrazone groups is 1. The normalized spacial score (nSPS) is 27.5. The summed E-state index contributed by atoms with van der Waals surface area (Å²) in [7, 11) is 0. The van der Waals surface area contributed by atoms with Gasteiger partial charge in [-0.2, -0.15) is 5.10 Å². The summed E-state index contributed by atoms with van der Waals surface area (Å²) >= 11 is 1.49. The van der Waals surface area contributed by atoms with Crippen LogP contribution in [0, 0.1) is 5.92 Å². The second-order valence-electron chi connectivity index (χ2n) is 7.07. The highest BCUT2D eigenvalue weighted by Gasteiger charge is 2.33. The highest BCUT2D eigenvalue weighted by molar-refractivity contribution is 8.14. The van der Waals surface area contributed by atoms with E-state index in [0.717, 1.165) is 23.7 Å². The van der Waals surface area contributed by atoms with Gasteiger partial charge in [-0.1, -0.05) is 49.7 Å². The molecule has 0 radical (unpaired) electrons. The van der Waals surface area contributed by atoms with Gasteiger partial charge in [0.05, 0.1) is 17.5 Å². The van der Waals surface area contributed by atoms with Crippen LogP contribution in [0.5, 0.6) is 0 Å². The molecule has 5 nitrogen and oxygen atoms in total. The van der Waals surface area contributed by atoms with Crippen LogP contribution in [-0.4, -0.2) is 34.1 Å². The van der Waals surface area contributed by atoms with Crippen LogP contribution in [-0.2, 0) is 4.79 Å². The van der Waals surface area contributed by atoms with Crippen LogP contribution in [0.15, 0.2) is 34.4 Å². The second-order valence-corrected chi connectivity index (χ2v) is 8.01. The molecule has 1 fully saturated rings. The van der Waals surface area contributed by atoms with Crippen molar-refractivity contribution in [2.24, 2.45) is 16.0 Å². The summed E-state index contributed by atoms with van der Waals surface area (Å²) in [6.07, 6.45) is 7.65. The smallest absolute Gasteiger partial charge is 0.230 e. The zero-order valence-corrected chi connectivity index (χ0v) is 15.3. The topological polar surface area (TPSA) is 57.1 Å². The molecule has 1 aliphatic carbocycles. The van der Waals surface area contributed by atoms with E-state index >= 15 is 0 Å². The predicted octanol–water partition coefficient (Wildman–Crippen LogP) is 3.85. The van der Waals surface area contributed by atoms with Gasteiger partial charge in [0.2, 0.25) is 5.91 Å². The highest BCUT2D eigenvalue weighted by atomic mass is 32.2. The molecule has 1 saturated carbocycles. The molecule has 3 atom stereocenters. The van der Waals surface area contributed by atoms with Crippen molar-refractivity contribution in [1.82, 2.24) is 10.3 Å². The lowest BCUT2D eigenvalue weighted by Crippen LogP contribution is -2.42. The zero-order valence-electron chi connectivity index (χ0n) is 14.5. The minimum Gasteiger partial charge on any atom is -0.352 e. The van der Waals surface area contributed by atoms with Gasteiger partial charge in [0.25, 0.3) is 0 Å². The Morgan fingerprint density at radius 1 is 1.32 bits per heavy atom. The molecule has 0 aromatic heterocycles. The minimum absolute atomic E-state index is 0.102. The molecule has 4 rings (SSSR count). The average molecular weight is 356 g/mol. The van der Waals surface area contributed by atoms with Gasteiger partial charge >= 0.3 is 0 Å². The SMILES string of the molecule is C[C@@H]1CCCC[C@@H]1NC(=O)CSC1=Nc2ccccc2[C@H]2CC=NN12. The average Bonchev–Trinajstić information content (AvgIpc) is 3.12. The molecule has 1 aromatic rings. The molecule has 6 heteroatoms. The van der Waals surface area contributed by atoms with Gasteiger partial charge in [0, 0.05) is 24.2 Å². The maximum atomic E-state index is 12.4. The van der Waals surface area contributed by atoms with Crippen molar-refractivity contribution in [3.05, 3.63) is 29.8 Å². The lowest BCUT2D eigenvalue weighted by atomic mass is 9.86. The standard InChI is InChI=1S/C19H24N4OS/c1-13-6-2-4-8-15(13)21-18(24)12-25-19-22-16-9-5-3-7-14(16)17-10-11-20-23(17)19/h3,5,7,9,11,13,15,17H,2,4,6,8,10,12H2,1H3,(H,21,24)/t13-,15+,17-/m1/s1. The molecule has 1 aromatic carbocycles. The summed E-state index contributed by atoms with van der Waals surface area (Å²) in [5.41, 5.74) is 2.21. The van der Waals surface area contributed by atoms with Gasteiger partial charge < -0.3 is 5.32 Å². The molecule has 0 saturated heterocycles. The number of nitrogens with zero attached hydrogens (tertiary/aromatic N) is 3. The Kier molecular flexibility index (Phi) is 4.79. The summed E-state index contributed by atoms with van der Waals surface area (Å²) in [6.45, 7) is 2.24. The highest BCUT2D eigenvalue weighted by Crippen LogP contribution is 2.40. The van der Waals surface area contributed by atoms with Crippen LogP contribution in [0.1, 0.15) is 50.6 Å². The van der Waals surface area contributed by atoms with Gasteiger partial charge in [0.1, 0.15) is 0 Å². The maximum Gasteiger partial charge on any atom is 0.230 e. The molecule has 0 bridgehead atoms. The van der Waals surface area contributed by atoms with Crippen molar-refractivity contribution in [1.29, 1.82) is 0 Å². The summed E-state index contributed by atoms with van der Waals surface area (Å²) in [5, 5.41) is 10.5. The van der Waals surface area contributed by atoms with E-state index in [0.29, 0.717) is 17.7 Å². The predicted molar refractivity (Wildman–Crippen MR) is 103 cm³/mol. The lowest BCUT2D eigenvalue weighted by molar-refractivity contribution is -0.119. The number of benzene rings is 1. The van der Waals surface area contributed by atoms with Gasteiger partial charge in [-0.3, -0.25) is 4.79 Å². The van der Waals surface area contributed by atoms with Crippen LogP contribution in [0.2, 0.25) is 0 Å². The molecule has 2 aliphatic heterocycles. The van der Waals surface area contributed by atoms with Crippen LogP contribution < -0.4 is 5.32 Å². The molecule has 132 valence electrons. The fourth-order valence-electron chi connectivity index (χ4n) is 3.89. The molecule has 25 heavy (non-hydrogen) atoms. The first-order valence-corrected chi connectivity index (χ1v) is 10.1. The molecular weight excluding hydrogens is 332 g/mol. The van der Waals surface area contributed by atoms with Gasteiger partial charge in [-0.25, -0.2) is 10.0 Å². The molecular formula is C19H24N4OS. The third kappa shape index (κ3) is 3.45. The number of para-hydroxylation sites is 1. The first-order valence-electron chi connectivity index (χ1n) is 9.14. The van der Waals surface area contributed by atoms with Gasteiger partial charge in [-0.15, -0.1) is 0 Å². The van der Waals surface area contributed by atoms with E-state index < -0.39 is 0 Å². The first kappa shape index (κ1) is 16.6. The number of nitrogens with one attached hydrogen (secondary N) is 1. The minimum atomic E-state index is 0.102. The van der Waals surface area contributed by atoms with Gasteiger partial charge in [-0.05, 0) is 24.8 Å². The van der Waals surface area contributed by atoms with Crippen molar-refractivity contribution in [3.8, 4) is 0 Å². The molecule has 1 N–H and O–H groups in total. The fourth-order valence-corrected chi connectivity index (χ4v) is 4.70. The largest absolute Gasteiger partial charge is 0.352 e. The van der Waals surface area contributed by atoms with Crippen molar-refractivity contribution in [3.63, 3.8) is 0 Å². The zero-order chi connectivity index (χ0) is 17.2. The van der Waals surface area contributed by atoms with E-state index in [2.05, 4.69) is 23.4 Å². The van der Waals surface area contributed by atoms with Crippen molar-refractivity contribution in [2.75, 3.05) is 5.75 Å². The summed E-state index contributed by atoms with van der Waals surface area (Å²) < 4.78 is 0. The number of rotatable bonds is 3. The maximum absolute atomic E-state index is 12.4. The number of amides is 1. The van der Waals surface area contributed by atoms with Crippen LogP contribution in [0.3, 0.4) is 0 Å². The number of fused-ring (bicyclic) bond motifs is 3. The van der Waals surface area contributed by atoms with Crippen molar-refractivity contribution < 1.29 is 4.79 Å². The van der Waals surface area contributed by atoms with E-state index in [9.17, 15) is 4.79 Å². The molecule has 2 heterocycles. The number of hydrogen-bond acceptors (Lipinski definition) is 5. The number of carbonyl (C=O) groups is 1. The molecule has 0 spiro atoms. The van der Waals surface area contributed by atoms with Crippen LogP contribution in [0.4, 0.5) is 5.69 Å². The van der Waals surface area contributed by atoms with E-state index in [4.69, 9.17) is 4.99 Å². The Bertz CT molecular complexity index is 717. The molecule has 1 amide bonds. The Balaban J connectivity index is 1.41. The number of thioether (sulfide) groups is 1. The number of amidine groups is 1. The Hall–Kier alpha value is -1.82. The Morgan fingerprint density at radius 3 is 3.04 bits per heavy atom. The van der Waals surface area contributed by atoms with E-state index in [1.165, 1.54) is 36.6 Å². The lowest BCUT2D eigenvalue weighted by Gasteiger charge is -2.31. The number of aliphatic imine (C=N–C) groups is 1. The molecule has 0 unspecified atom stereocenters. The first-order chi connectivity index (χ1) is 12.2. The summed E-state index contributed by atoms with van der Waals surface area (Å²) in [5.74, 6) is 1.07. The second kappa shape index (κ2) is 7.20. The van der Waals surface area contributed by atoms with Crippen molar-refractivity contribution in [2.45, 2.75) is 51.1 Å². The number of hydrogen-bond donors (Lipinski definition) is 1. The summed E-state index contributed by atoms with van der Waals surface area (Å²) in [6, 6.07) is 8.75. The third-order valence-electron chi connectivity index (χ3n) is 5.33.